The third-order valence-electron chi connectivity index (χ3n) is 14.0. The molecular formula is C60H80F7NO22. The van der Waals surface area contributed by atoms with E-state index in [0.717, 1.165) is 36.5 Å². The smallest absolute Gasteiger partial charge is 0.416 e. The third kappa shape index (κ3) is 28.9. The first-order chi connectivity index (χ1) is 41.5. The minimum Gasteiger partial charge on any atom is -0.465 e. The standard InChI is InChI=1S/C60H80F7NO22/c1-13-41(69)79-29-56(30-80-42(70)14-2,31-81-43(71)15-3)35-85-47(75)19-39-20-52(7,8)27-54(11,22-39)24-48(76)86-37-58(62,63)89-50(61)60(66,67)90-59(64,65)38-87-49(77)25-55(12)23-40(21-53(9,10)28-55)26-68-51(78)88-36-57(32-82-44(72)16-4,33-83-45(73)17-5)34-84-46(74)18-6/h13-18,39-40,50H,1-6,19-38H2,7-12H3,(H,68,78). The number of rotatable bonds is 39. The van der Waals surface area contributed by atoms with Crippen LogP contribution in [0.3, 0.4) is 0 Å². The molecule has 0 heterocycles. The van der Waals surface area contributed by atoms with Crippen molar-refractivity contribution < 1.29 is 136 Å². The fourth-order valence-electron chi connectivity index (χ4n) is 11.1. The van der Waals surface area contributed by atoms with Gasteiger partial charge in [-0.25, -0.2) is 42.7 Å². The summed E-state index contributed by atoms with van der Waals surface area (Å²) < 4.78 is 161. The second-order valence-electron chi connectivity index (χ2n) is 24.6. The molecule has 23 nitrogen and oxygen atoms in total. The molecule has 506 valence electrons. The van der Waals surface area contributed by atoms with Gasteiger partial charge in [-0.05, 0) is 72.0 Å². The maximum absolute atomic E-state index is 14.8. The molecule has 1 N–H and O–H groups in total. The molecule has 2 saturated carbocycles. The second-order valence-corrected chi connectivity index (χ2v) is 24.6. The number of halogens is 7. The van der Waals surface area contributed by atoms with Gasteiger partial charge in [-0.2, -0.15) is 26.3 Å². The Kier molecular flexibility index (Phi) is 29.6. The van der Waals surface area contributed by atoms with Crippen LogP contribution in [0.2, 0.25) is 0 Å². The summed E-state index contributed by atoms with van der Waals surface area (Å²) in [7, 11) is 0. The Hall–Kier alpha value is -7.63. The molecule has 0 bridgehead atoms. The molecule has 90 heavy (non-hydrogen) atoms. The number of alkyl halides is 7. The molecule has 5 atom stereocenters. The average molecular weight is 1300 g/mol. The molecule has 2 aliphatic rings. The maximum atomic E-state index is 14.8. The molecule has 0 aromatic rings. The molecule has 2 fully saturated rings. The third-order valence-corrected chi connectivity index (χ3v) is 14.0. The molecule has 0 aliphatic heterocycles. The van der Waals surface area contributed by atoms with Crippen molar-refractivity contribution in [2.45, 2.75) is 124 Å². The number of nitrogens with one attached hydrogen (secondary N) is 1. The minimum absolute atomic E-state index is 0.0744. The summed E-state index contributed by atoms with van der Waals surface area (Å²) in [6.45, 7) is 20.6. The van der Waals surface area contributed by atoms with Crippen molar-refractivity contribution in [2.24, 2.45) is 44.3 Å². The van der Waals surface area contributed by atoms with E-state index in [0.29, 0.717) is 12.8 Å². The summed E-state index contributed by atoms with van der Waals surface area (Å²) in [6, 6.07) is 0. The molecule has 0 radical (unpaired) electrons. The molecular weight excluding hydrogens is 1220 g/mol. The molecule has 2 aliphatic carbocycles. The molecule has 0 aromatic heterocycles. The lowest BCUT2D eigenvalue weighted by molar-refractivity contribution is -0.447. The SMILES string of the molecule is C=CC(=O)OCC(COC(=O)C=C)(COC(=O)C=C)COC(=O)CC1CC(C)(C)CC(C)(CC(=O)OCC(F)(F)OC(F)C(F)(F)OC(F)(F)COC(=O)CC2(C)CC(CNC(=O)OCC(COC(=O)C=C)(COC(=O)C=C)COC(=O)C=C)CC(C)(C)C2)C1. The van der Waals surface area contributed by atoms with E-state index in [1.807, 2.05) is 0 Å². The van der Waals surface area contributed by atoms with Crippen molar-refractivity contribution in [3.05, 3.63) is 75.9 Å². The second kappa shape index (κ2) is 34.0. The molecule has 0 spiro atoms. The van der Waals surface area contributed by atoms with Gasteiger partial charge in [0.2, 0.25) is 0 Å². The lowest BCUT2D eigenvalue weighted by Crippen LogP contribution is -2.47. The molecule has 0 aromatic carbocycles. The number of amides is 1. The zero-order chi connectivity index (χ0) is 68.6. The van der Waals surface area contributed by atoms with E-state index in [1.54, 1.807) is 41.5 Å². The number of alkyl carbamates (subject to hydrolysis) is 1. The van der Waals surface area contributed by atoms with Crippen molar-refractivity contribution >= 4 is 59.8 Å². The van der Waals surface area contributed by atoms with Crippen LogP contribution in [0.1, 0.15) is 99.3 Å². The van der Waals surface area contributed by atoms with Crippen LogP contribution in [0.15, 0.2) is 75.9 Å². The zero-order valence-electron chi connectivity index (χ0n) is 51.2. The van der Waals surface area contributed by atoms with Crippen molar-refractivity contribution in [1.82, 2.24) is 5.32 Å². The largest absolute Gasteiger partial charge is 0.465 e. The Balaban J connectivity index is 2.04. The maximum Gasteiger partial charge on any atom is 0.416 e. The Labute approximate surface area is 516 Å². The van der Waals surface area contributed by atoms with Crippen LogP contribution in [-0.4, -0.2) is 157 Å². The number of ether oxygens (including phenoxy) is 12. The van der Waals surface area contributed by atoms with Gasteiger partial charge in [0, 0.05) is 49.4 Å². The van der Waals surface area contributed by atoms with E-state index in [2.05, 4.69) is 63.7 Å². The van der Waals surface area contributed by atoms with Gasteiger partial charge in [0.15, 0.2) is 13.2 Å². The van der Waals surface area contributed by atoms with Gasteiger partial charge in [0.05, 0.1) is 12.8 Å². The predicted molar refractivity (Wildman–Crippen MR) is 298 cm³/mol. The number of hydrogen-bond donors (Lipinski definition) is 1. The van der Waals surface area contributed by atoms with Crippen LogP contribution in [-0.2, 0) is 100.0 Å². The van der Waals surface area contributed by atoms with Gasteiger partial charge in [-0.15, -0.1) is 0 Å². The summed E-state index contributed by atoms with van der Waals surface area (Å²) in [4.78, 5) is 124. The van der Waals surface area contributed by atoms with Gasteiger partial charge in [0.1, 0.15) is 63.7 Å². The Morgan fingerprint density at radius 1 is 0.444 bits per heavy atom. The van der Waals surface area contributed by atoms with Crippen LogP contribution < -0.4 is 5.32 Å². The number of hydrogen-bond acceptors (Lipinski definition) is 22. The lowest BCUT2D eigenvalue weighted by Gasteiger charge is -2.46. The van der Waals surface area contributed by atoms with E-state index >= 15 is 0 Å². The molecule has 5 unspecified atom stereocenters. The number of carbonyl (C=O) groups is 10. The molecule has 2 rings (SSSR count). The first-order valence-corrected chi connectivity index (χ1v) is 27.8. The zero-order valence-corrected chi connectivity index (χ0v) is 51.2. The van der Waals surface area contributed by atoms with Crippen LogP contribution >= 0.6 is 0 Å². The highest BCUT2D eigenvalue weighted by Gasteiger charge is 2.56. The van der Waals surface area contributed by atoms with E-state index in [4.69, 9.17) is 37.9 Å². The summed E-state index contributed by atoms with van der Waals surface area (Å²) in [5, 5.41) is 2.54. The summed E-state index contributed by atoms with van der Waals surface area (Å²) >= 11 is 0. The van der Waals surface area contributed by atoms with E-state index in [1.165, 1.54) is 0 Å². The molecule has 0 saturated heterocycles. The number of carbonyl (C=O) groups excluding carboxylic acids is 10. The first kappa shape index (κ1) is 78.5. The molecule has 1 amide bonds. The topological polar surface area (TPSA) is 293 Å². The van der Waals surface area contributed by atoms with Crippen molar-refractivity contribution in [2.75, 3.05) is 72.6 Å². The summed E-state index contributed by atoms with van der Waals surface area (Å²) in [5.74, 6) is -10.1. The number of esters is 9. The first-order valence-electron chi connectivity index (χ1n) is 27.8. The van der Waals surface area contributed by atoms with Crippen LogP contribution in [0.25, 0.3) is 0 Å². The normalized spacial score (nSPS) is 20.1. The Bertz CT molecular complexity index is 2510. The monoisotopic (exact) mass is 1300 g/mol. The highest BCUT2D eigenvalue weighted by atomic mass is 19.3. The molecule has 30 heteroatoms. The van der Waals surface area contributed by atoms with Crippen molar-refractivity contribution in [3.8, 4) is 0 Å². The lowest BCUT2D eigenvalue weighted by atomic mass is 9.59. The highest BCUT2D eigenvalue weighted by molar-refractivity contribution is 5.83. The summed E-state index contributed by atoms with van der Waals surface area (Å²) in [6.07, 6.45) is -16.9. The fraction of sp³-hybridized carbons (Fsp3) is 0.633. The predicted octanol–water partition coefficient (Wildman–Crippen LogP) is 8.63. The average Bonchev–Trinajstić information content (AvgIpc) is 1.16. The summed E-state index contributed by atoms with van der Waals surface area (Å²) in [5.41, 5.74) is -6.65. The quantitative estimate of drug-likeness (QED) is 0.0260. The highest BCUT2D eigenvalue weighted by Crippen LogP contribution is 2.52. The van der Waals surface area contributed by atoms with Gasteiger partial charge >= 0.3 is 78.1 Å². The van der Waals surface area contributed by atoms with E-state index in [-0.39, 0.29) is 38.6 Å². The van der Waals surface area contributed by atoms with Crippen LogP contribution in [0.4, 0.5) is 35.5 Å². The van der Waals surface area contributed by atoms with Gasteiger partial charge < -0.3 is 52.7 Å². The van der Waals surface area contributed by atoms with Crippen LogP contribution in [0, 0.1) is 44.3 Å². The van der Waals surface area contributed by atoms with Gasteiger partial charge in [0.25, 0.3) is 6.36 Å². The van der Waals surface area contributed by atoms with E-state index < -0.39 is 208 Å². The van der Waals surface area contributed by atoms with Crippen LogP contribution in [0.5, 0.6) is 0 Å². The Morgan fingerprint density at radius 2 is 0.756 bits per heavy atom. The minimum atomic E-state index is -5.84. The Morgan fingerprint density at radius 3 is 1.12 bits per heavy atom. The van der Waals surface area contributed by atoms with Crippen molar-refractivity contribution in [1.29, 1.82) is 0 Å². The van der Waals surface area contributed by atoms with Crippen molar-refractivity contribution in [3.63, 3.8) is 0 Å². The fourth-order valence-corrected chi connectivity index (χ4v) is 11.1. The van der Waals surface area contributed by atoms with E-state index in [9.17, 15) is 78.7 Å². The van der Waals surface area contributed by atoms with Gasteiger partial charge in [-0.3, -0.25) is 19.1 Å². The van der Waals surface area contributed by atoms with Gasteiger partial charge in [-0.1, -0.05) is 81.0 Å².